The molecule has 0 unspecified atom stereocenters. The van der Waals surface area contributed by atoms with Gasteiger partial charge in [-0.25, -0.2) is 8.42 Å². The summed E-state index contributed by atoms with van der Waals surface area (Å²) in [7, 11) is -2.00. The Morgan fingerprint density at radius 2 is 2.10 bits per heavy atom. The number of amides is 1. The van der Waals surface area contributed by atoms with Crippen molar-refractivity contribution in [3.63, 3.8) is 0 Å². The minimum Gasteiger partial charge on any atom is -0.383 e. The normalized spacial score (nSPS) is 19.9. The Morgan fingerprint density at radius 3 is 2.86 bits per heavy atom. The third-order valence-corrected chi connectivity index (χ3v) is 7.62. The average Bonchev–Trinajstić information content (AvgIpc) is 3.22. The molecule has 0 spiro atoms. The van der Waals surface area contributed by atoms with Crippen LogP contribution in [-0.4, -0.2) is 61.4 Å². The minimum atomic E-state index is -3.59. The fraction of sp³-hybridized carbons (Fsp3) is 0.429. The van der Waals surface area contributed by atoms with E-state index in [1.165, 1.54) is 0 Å². The fourth-order valence-corrected chi connectivity index (χ4v) is 5.89. The van der Waals surface area contributed by atoms with E-state index in [4.69, 9.17) is 4.74 Å². The van der Waals surface area contributed by atoms with E-state index in [9.17, 15) is 13.2 Å². The number of carbonyl (C=O) groups is 1. The van der Waals surface area contributed by atoms with Crippen LogP contribution in [0.4, 0.5) is 0 Å². The second-order valence-corrected chi connectivity index (χ2v) is 9.41. The van der Waals surface area contributed by atoms with Crippen molar-refractivity contribution in [3.05, 3.63) is 59.4 Å². The molecule has 154 valence electrons. The number of nitrogens with zero attached hydrogens (tertiary/aromatic N) is 3. The Labute approximate surface area is 171 Å². The summed E-state index contributed by atoms with van der Waals surface area (Å²) in [4.78, 5) is 18.8. The molecule has 2 aliphatic rings. The van der Waals surface area contributed by atoms with E-state index in [2.05, 4.69) is 4.98 Å². The van der Waals surface area contributed by atoms with Gasteiger partial charge in [-0.1, -0.05) is 6.07 Å². The second kappa shape index (κ2) is 8.22. The number of benzene rings is 1. The number of ether oxygens (including phenoxy) is 1. The van der Waals surface area contributed by atoms with E-state index in [0.29, 0.717) is 38.2 Å². The molecule has 1 saturated heterocycles. The lowest BCUT2D eigenvalue weighted by atomic mass is 9.99. The number of hydrogen-bond acceptors (Lipinski definition) is 5. The predicted octanol–water partition coefficient (Wildman–Crippen LogP) is 2.08. The Morgan fingerprint density at radius 1 is 1.24 bits per heavy atom. The molecule has 4 rings (SSSR count). The van der Waals surface area contributed by atoms with Crippen LogP contribution in [-0.2, 0) is 27.7 Å². The first kappa shape index (κ1) is 20.0. The molecule has 0 bridgehead atoms. The molecular formula is C21H25N3O4S. The van der Waals surface area contributed by atoms with Crippen LogP contribution in [0.25, 0.3) is 0 Å². The topological polar surface area (TPSA) is 79.8 Å². The highest BCUT2D eigenvalue weighted by molar-refractivity contribution is 7.89. The fourth-order valence-electron chi connectivity index (χ4n) is 4.16. The van der Waals surface area contributed by atoms with Crippen molar-refractivity contribution in [2.24, 2.45) is 0 Å². The zero-order chi connectivity index (χ0) is 20.4. The highest BCUT2D eigenvalue weighted by atomic mass is 32.2. The van der Waals surface area contributed by atoms with Crippen molar-refractivity contribution in [2.75, 3.05) is 26.8 Å². The number of aromatic nitrogens is 1. The quantitative estimate of drug-likeness (QED) is 0.747. The highest BCUT2D eigenvalue weighted by Gasteiger charge is 2.35. The van der Waals surface area contributed by atoms with E-state index in [-0.39, 0.29) is 16.8 Å². The van der Waals surface area contributed by atoms with Gasteiger partial charge in [0.2, 0.25) is 10.0 Å². The summed E-state index contributed by atoms with van der Waals surface area (Å²) < 4.78 is 33.2. The predicted molar refractivity (Wildman–Crippen MR) is 108 cm³/mol. The Balaban J connectivity index is 1.58. The van der Waals surface area contributed by atoms with Crippen molar-refractivity contribution in [3.8, 4) is 0 Å². The Hall–Kier alpha value is -2.29. The van der Waals surface area contributed by atoms with Crippen LogP contribution in [0.2, 0.25) is 0 Å². The van der Waals surface area contributed by atoms with Gasteiger partial charge in [0.15, 0.2) is 0 Å². The summed E-state index contributed by atoms with van der Waals surface area (Å²) in [5, 5.41) is 0. The van der Waals surface area contributed by atoms with Crippen molar-refractivity contribution in [2.45, 2.75) is 36.7 Å². The third kappa shape index (κ3) is 3.92. The van der Waals surface area contributed by atoms with Gasteiger partial charge in [0, 0.05) is 45.2 Å². The van der Waals surface area contributed by atoms with Gasteiger partial charge in [-0.15, -0.1) is 0 Å². The van der Waals surface area contributed by atoms with Gasteiger partial charge in [0.05, 0.1) is 17.1 Å². The molecule has 2 aromatic rings. The van der Waals surface area contributed by atoms with Crippen molar-refractivity contribution >= 4 is 15.9 Å². The number of fused-ring (bicyclic) bond motifs is 1. The molecule has 1 amide bonds. The highest BCUT2D eigenvalue weighted by Crippen LogP contribution is 2.29. The van der Waals surface area contributed by atoms with Gasteiger partial charge in [-0.3, -0.25) is 9.78 Å². The summed E-state index contributed by atoms with van der Waals surface area (Å²) in [6.07, 6.45) is 5.55. The van der Waals surface area contributed by atoms with Gasteiger partial charge in [-0.05, 0) is 54.7 Å². The van der Waals surface area contributed by atoms with Crippen molar-refractivity contribution in [1.82, 2.24) is 14.2 Å². The average molecular weight is 416 g/mol. The lowest BCUT2D eigenvalue weighted by Gasteiger charge is -2.30. The minimum absolute atomic E-state index is 0.0864. The molecule has 0 saturated carbocycles. The van der Waals surface area contributed by atoms with Gasteiger partial charge in [-0.2, -0.15) is 4.31 Å². The first-order chi connectivity index (χ1) is 14.0. The van der Waals surface area contributed by atoms with Crippen LogP contribution < -0.4 is 0 Å². The number of carbonyl (C=O) groups excluding carboxylic acids is 1. The zero-order valence-corrected chi connectivity index (χ0v) is 17.3. The molecule has 0 radical (unpaired) electrons. The molecule has 1 fully saturated rings. The lowest BCUT2D eigenvalue weighted by Crippen LogP contribution is -2.38. The maximum absolute atomic E-state index is 13.2. The Kier molecular flexibility index (Phi) is 5.67. The summed E-state index contributed by atoms with van der Waals surface area (Å²) in [6.45, 7) is 1.92. The molecule has 1 aromatic heterocycles. The molecule has 8 heteroatoms. The standard InChI is InChI=1S/C21H25N3O4S/c1-28-15-19-5-3-10-24(19)29(26,27)20-7-6-16-8-11-23(14-18(16)12-20)21(25)17-4-2-9-22-13-17/h2,4,6-7,9,12-13,19H,3,5,8,10-11,14-15H2,1H3/t19-/m1/s1. The van der Waals surface area contributed by atoms with Crippen LogP contribution >= 0.6 is 0 Å². The molecule has 1 aromatic carbocycles. The molecule has 1 atom stereocenters. The lowest BCUT2D eigenvalue weighted by molar-refractivity contribution is 0.0734. The van der Waals surface area contributed by atoms with Gasteiger partial charge in [0.25, 0.3) is 5.91 Å². The maximum Gasteiger partial charge on any atom is 0.255 e. The van der Waals surface area contributed by atoms with E-state index in [1.807, 2.05) is 6.07 Å². The summed E-state index contributed by atoms with van der Waals surface area (Å²) in [5.41, 5.74) is 2.52. The van der Waals surface area contributed by atoms with Crippen LogP contribution in [0.3, 0.4) is 0 Å². The van der Waals surface area contributed by atoms with Gasteiger partial charge in [0.1, 0.15) is 0 Å². The number of methoxy groups -OCH3 is 1. The van der Waals surface area contributed by atoms with E-state index >= 15 is 0 Å². The van der Waals surface area contributed by atoms with Crippen LogP contribution in [0.5, 0.6) is 0 Å². The molecule has 2 aliphatic heterocycles. The number of hydrogen-bond donors (Lipinski definition) is 0. The molecule has 3 heterocycles. The van der Waals surface area contributed by atoms with Crippen LogP contribution in [0.15, 0.2) is 47.6 Å². The maximum atomic E-state index is 13.2. The zero-order valence-electron chi connectivity index (χ0n) is 16.5. The molecular weight excluding hydrogens is 390 g/mol. The summed E-state index contributed by atoms with van der Waals surface area (Å²) in [6, 6.07) is 8.67. The molecule has 7 nitrogen and oxygen atoms in total. The number of pyridine rings is 1. The second-order valence-electron chi connectivity index (χ2n) is 7.52. The summed E-state index contributed by atoms with van der Waals surface area (Å²) >= 11 is 0. The SMILES string of the molecule is COC[C@H]1CCCN1S(=O)(=O)c1ccc2c(c1)CN(C(=O)c1cccnc1)CC2. The van der Waals surface area contributed by atoms with Crippen LogP contribution in [0.1, 0.15) is 34.3 Å². The van der Waals surface area contributed by atoms with Gasteiger partial charge >= 0.3 is 0 Å². The van der Waals surface area contributed by atoms with E-state index < -0.39 is 10.0 Å². The smallest absolute Gasteiger partial charge is 0.255 e. The van der Waals surface area contributed by atoms with E-state index in [1.54, 1.807) is 53.0 Å². The van der Waals surface area contributed by atoms with E-state index in [0.717, 1.165) is 24.0 Å². The largest absolute Gasteiger partial charge is 0.383 e. The first-order valence-electron chi connectivity index (χ1n) is 9.82. The van der Waals surface area contributed by atoms with Gasteiger partial charge < -0.3 is 9.64 Å². The number of sulfonamides is 1. The van der Waals surface area contributed by atoms with Crippen molar-refractivity contribution in [1.29, 1.82) is 0 Å². The van der Waals surface area contributed by atoms with Crippen LogP contribution in [0, 0.1) is 0 Å². The number of rotatable bonds is 5. The molecule has 0 N–H and O–H groups in total. The molecule has 29 heavy (non-hydrogen) atoms. The summed E-state index contributed by atoms with van der Waals surface area (Å²) in [5.74, 6) is -0.0864. The molecule has 0 aliphatic carbocycles. The Bertz CT molecular complexity index is 994. The van der Waals surface area contributed by atoms with Crippen molar-refractivity contribution < 1.29 is 17.9 Å². The first-order valence-corrected chi connectivity index (χ1v) is 11.3. The monoisotopic (exact) mass is 415 g/mol. The third-order valence-electron chi connectivity index (χ3n) is 5.67.